The van der Waals surface area contributed by atoms with Gasteiger partial charge in [-0.05, 0) is 13.3 Å². The summed E-state index contributed by atoms with van der Waals surface area (Å²) in [5.41, 5.74) is 2.08. The van der Waals surface area contributed by atoms with Crippen molar-refractivity contribution in [1.29, 1.82) is 0 Å². The van der Waals surface area contributed by atoms with E-state index in [9.17, 15) is 0 Å². The average Bonchev–Trinajstić information content (AvgIpc) is 2.99. The maximum atomic E-state index is 5.39. The second-order valence-corrected chi connectivity index (χ2v) is 4.51. The molecule has 2 aromatic heterocycles. The number of aromatic nitrogens is 4. The molecular weight excluding hydrogens is 242 g/mol. The standard InChI is InChI=1S/C13H21N5O/c1-5-11(12-14-6-7-15-12)16-8-10-9(2)17-18(3)13(10)19-4/h6-7,11,16H,5,8H2,1-4H3,(H,14,15). The third-order valence-corrected chi connectivity index (χ3v) is 3.27. The molecule has 1 atom stereocenters. The number of aryl methyl sites for hydroxylation is 2. The Morgan fingerprint density at radius 2 is 2.32 bits per heavy atom. The zero-order valence-corrected chi connectivity index (χ0v) is 11.9. The molecule has 0 aromatic carbocycles. The molecule has 0 saturated carbocycles. The van der Waals surface area contributed by atoms with Crippen molar-refractivity contribution >= 4 is 0 Å². The minimum atomic E-state index is 0.208. The van der Waals surface area contributed by atoms with E-state index in [-0.39, 0.29) is 6.04 Å². The van der Waals surface area contributed by atoms with Gasteiger partial charge in [0.15, 0.2) is 0 Å². The van der Waals surface area contributed by atoms with Crippen molar-refractivity contribution in [2.75, 3.05) is 7.11 Å². The molecule has 2 aromatic rings. The fourth-order valence-electron chi connectivity index (χ4n) is 2.27. The van der Waals surface area contributed by atoms with Crippen LogP contribution in [-0.2, 0) is 13.6 Å². The number of H-pyrrole nitrogens is 1. The quantitative estimate of drug-likeness (QED) is 0.832. The van der Waals surface area contributed by atoms with Gasteiger partial charge in [-0.3, -0.25) is 0 Å². The summed E-state index contributed by atoms with van der Waals surface area (Å²) in [5.74, 6) is 1.77. The Balaban J connectivity index is 2.10. The molecule has 0 aliphatic rings. The van der Waals surface area contributed by atoms with Gasteiger partial charge in [0.25, 0.3) is 0 Å². The molecule has 0 aliphatic carbocycles. The summed E-state index contributed by atoms with van der Waals surface area (Å²) in [4.78, 5) is 7.45. The number of imidazole rings is 1. The molecular formula is C13H21N5O. The van der Waals surface area contributed by atoms with E-state index >= 15 is 0 Å². The average molecular weight is 263 g/mol. The predicted molar refractivity (Wildman–Crippen MR) is 73.0 cm³/mol. The van der Waals surface area contributed by atoms with Crippen LogP contribution in [0.2, 0.25) is 0 Å². The van der Waals surface area contributed by atoms with Crippen LogP contribution in [0.4, 0.5) is 0 Å². The van der Waals surface area contributed by atoms with Gasteiger partial charge in [-0.2, -0.15) is 5.10 Å². The van der Waals surface area contributed by atoms with Crippen LogP contribution in [0, 0.1) is 6.92 Å². The number of hydrogen-bond donors (Lipinski definition) is 2. The molecule has 0 bridgehead atoms. The Morgan fingerprint density at radius 3 is 2.89 bits per heavy atom. The first-order valence-corrected chi connectivity index (χ1v) is 6.46. The maximum absolute atomic E-state index is 5.39. The van der Waals surface area contributed by atoms with Crippen LogP contribution in [0.25, 0.3) is 0 Å². The van der Waals surface area contributed by atoms with Gasteiger partial charge in [-0.1, -0.05) is 6.92 Å². The molecule has 0 radical (unpaired) electrons. The lowest BCUT2D eigenvalue weighted by Crippen LogP contribution is -2.21. The van der Waals surface area contributed by atoms with Crippen LogP contribution < -0.4 is 10.1 Å². The number of aromatic amines is 1. The number of hydrogen-bond acceptors (Lipinski definition) is 4. The maximum Gasteiger partial charge on any atom is 0.216 e. The van der Waals surface area contributed by atoms with Gasteiger partial charge < -0.3 is 15.0 Å². The molecule has 104 valence electrons. The molecule has 19 heavy (non-hydrogen) atoms. The van der Waals surface area contributed by atoms with Gasteiger partial charge >= 0.3 is 0 Å². The lowest BCUT2D eigenvalue weighted by Gasteiger charge is -2.15. The molecule has 0 amide bonds. The number of nitrogens with one attached hydrogen (secondary N) is 2. The molecule has 6 heteroatoms. The fourth-order valence-corrected chi connectivity index (χ4v) is 2.27. The Hall–Kier alpha value is -1.82. The number of ether oxygens (including phenoxy) is 1. The largest absolute Gasteiger partial charge is 0.481 e. The molecule has 0 aliphatic heterocycles. The zero-order chi connectivity index (χ0) is 13.8. The topological polar surface area (TPSA) is 67.8 Å². The van der Waals surface area contributed by atoms with Crippen molar-refractivity contribution in [3.05, 3.63) is 29.5 Å². The Bertz CT molecular complexity index is 517. The van der Waals surface area contributed by atoms with Crippen molar-refractivity contribution in [3.63, 3.8) is 0 Å². The second-order valence-electron chi connectivity index (χ2n) is 4.51. The van der Waals surface area contributed by atoms with Crippen LogP contribution in [0.1, 0.15) is 36.5 Å². The molecule has 2 N–H and O–H groups in total. The molecule has 0 fully saturated rings. The van der Waals surface area contributed by atoms with Crippen LogP contribution >= 0.6 is 0 Å². The molecule has 6 nitrogen and oxygen atoms in total. The van der Waals surface area contributed by atoms with Gasteiger partial charge in [0.2, 0.25) is 5.88 Å². The summed E-state index contributed by atoms with van der Waals surface area (Å²) in [6.45, 7) is 4.84. The SMILES string of the molecule is CCC(NCc1c(C)nn(C)c1OC)c1ncc[nH]1. The van der Waals surface area contributed by atoms with Gasteiger partial charge in [0, 0.05) is 26.0 Å². The summed E-state index contributed by atoms with van der Waals surface area (Å²) in [6, 6.07) is 0.208. The van der Waals surface area contributed by atoms with Crippen LogP contribution in [-0.4, -0.2) is 26.9 Å². The minimum absolute atomic E-state index is 0.208. The predicted octanol–water partition coefficient (Wildman–Crippen LogP) is 1.70. The van der Waals surface area contributed by atoms with E-state index in [2.05, 4.69) is 27.3 Å². The van der Waals surface area contributed by atoms with E-state index in [0.29, 0.717) is 6.54 Å². The summed E-state index contributed by atoms with van der Waals surface area (Å²) >= 11 is 0. The first-order valence-electron chi connectivity index (χ1n) is 6.46. The van der Waals surface area contributed by atoms with E-state index in [4.69, 9.17) is 4.74 Å². The normalized spacial score (nSPS) is 12.6. The third-order valence-electron chi connectivity index (χ3n) is 3.27. The van der Waals surface area contributed by atoms with Crippen molar-refractivity contribution in [2.45, 2.75) is 32.9 Å². The first kappa shape index (κ1) is 13.6. The highest BCUT2D eigenvalue weighted by Crippen LogP contribution is 2.22. The first-order chi connectivity index (χ1) is 9.17. The summed E-state index contributed by atoms with van der Waals surface area (Å²) in [5, 5.41) is 7.87. The van der Waals surface area contributed by atoms with E-state index in [1.54, 1.807) is 18.0 Å². The smallest absolute Gasteiger partial charge is 0.216 e. The highest BCUT2D eigenvalue weighted by atomic mass is 16.5. The summed E-state index contributed by atoms with van der Waals surface area (Å²) in [7, 11) is 3.56. The van der Waals surface area contributed by atoms with Crippen molar-refractivity contribution < 1.29 is 4.74 Å². The monoisotopic (exact) mass is 263 g/mol. The van der Waals surface area contributed by atoms with Gasteiger partial charge in [0.1, 0.15) is 5.82 Å². The Kier molecular flexibility index (Phi) is 4.21. The minimum Gasteiger partial charge on any atom is -0.481 e. The van der Waals surface area contributed by atoms with Crippen LogP contribution in [0.3, 0.4) is 0 Å². The second kappa shape index (κ2) is 5.88. The van der Waals surface area contributed by atoms with Gasteiger partial charge in [0.05, 0.1) is 24.4 Å². The fraction of sp³-hybridized carbons (Fsp3) is 0.538. The number of methoxy groups -OCH3 is 1. The van der Waals surface area contributed by atoms with E-state index in [1.165, 1.54) is 0 Å². The van der Waals surface area contributed by atoms with Crippen LogP contribution in [0.15, 0.2) is 12.4 Å². The molecule has 0 spiro atoms. The Labute approximate surface area is 113 Å². The molecule has 0 saturated heterocycles. The summed E-state index contributed by atoms with van der Waals surface area (Å²) in [6.07, 6.45) is 4.58. The lowest BCUT2D eigenvalue weighted by atomic mass is 10.2. The molecule has 2 rings (SSSR count). The highest BCUT2D eigenvalue weighted by molar-refractivity contribution is 5.30. The van der Waals surface area contributed by atoms with E-state index < -0.39 is 0 Å². The van der Waals surface area contributed by atoms with Gasteiger partial charge in [-0.15, -0.1) is 0 Å². The zero-order valence-electron chi connectivity index (χ0n) is 11.9. The molecule has 2 heterocycles. The van der Waals surface area contributed by atoms with Crippen molar-refractivity contribution in [2.24, 2.45) is 7.05 Å². The number of rotatable bonds is 6. The Morgan fingerprint density at radius 1 is 1.53 bits per heavy atom. The lowest BCUT2D eigenvalue weighted by molar-refractivity contribution is 0.366. The number of nitrogens with zero attached hydrogens (tertiary/aromatic N) is 3. The van der Waals surface area contributed by atoms with Crippen LogP contribution in [0.5, 0.6) is 5.88 Å². The van der Waals surface area contributed by atoms with Gasteiger partial charge in [-0.25, -0.2) is 9.67 Å². The van der Waals surface area contributed by atoms with Crippen molar-refractivity contribution in [1.82, 2.24) is 25.1 Å². The molecule has 1 unspecified atom stereocenters. The van der Waals surface area contributed by atoms with E-state index in [1.807, 2.05) is 20.2 Å². The van der Waals surface area contributed by atoms with E-state index in [0.717, 1.165) is 29.4 Å². The summed E-state index contributed by atoms with van der Waals surface area (Å²) < 4.78 is 7.15. The highest BCUT2D eigenvalue weighted by Gasteiger charge is 2.16. The third kappa shape index (κ3) is 2.78. The van der Waals surface area contributed by atoms with Crippen molar-refractivity contribution in [3.8, 4) is 5.88 Å².